The summed E-state index contributed by atoms with van der Waals surface area (Å²) in [6, 6.07) is 0. The van der Waals surface area contributed by atoms with Crippen LogP contribution in [0, 0.1) is 11.8 Å². The number of carbonyl (C=O) groups excluding carboxylic acids is 2. The maximum atomic E-state index is 11.7. The number of allylic oxidation sites excluding steroid dienone is 2. The summed E-state index contributed by atoms with van der Waals surface area (Å²) < 4.78 is 10.1. The fraction of sp³-hybridized carbons (Fsp3) is 0.636. The lowest BCUT2D eigenvalue weighted by atomic mass is 9.91. The third-order valence-corrected chi connectivity index (χ3v) is 2.68. The number of rotatable bonds is 1. The van der Waals surface area contributed by atoms with Crippen LogP contribution in [-0.4, -0.2) is 17.7 Å². The van der Waals surface area contributed by atoms with Crippen LogP contribution in [0.3, 0.4) is 0 Å². The molecule has 0 saturated carbocycles. The van der Waals surface area contributed by atoms with Gasteiger partial charge in [0.1, 0.15) is 0 Å². The van der Waals surface area contributed by atoms with Crippen LogP contribution in [-0.2, 0) is 19.1 Å². The van der Waals surface area contributed by atoms with E-state index < -0.39 is 23.6 Å². The Morgan fingerprint density at radius 2 is 1.87 bits per heavy atom. The Balaban J connectivity index is 2.16. The second-order valence-corrected chi connectivity index (χ2v) is 4.39. The van der Waals surface area contributed by atoms with Crippen molar-refractivity contribution in [2.45, 2.75) is 32.5 Å². The first-order chi connectivity index (χ1) is 6.99. The average molecular weight is 210 g/mol. The van der Waals surface area contributed by atoms with Gasteiger partial charge in [0.2, 0.25) is 0 Å². The van der Waals surface area contributed by atoms with Gasteiger partial charge in [-0.3, -0.25) is 9.59 Å². The zero-order chi connectivity index (χ0) is 11.1. The first kappa shape index (κ1) is 10.2. The Hall–Kier alpha value is -1.32. The molecule has 2 rings (SSSR count). The van der Waals surface area contributed by atoms with E-state index in [9.17, 15) is 9.59 Å². The predicted molar refractivity (Wildman–Crippen MR) is 51.6 cm³/mol. The van der Waals surface area contributed by atoms with Gasteiger partial charge in [-0.15, -0.1) is 0 Å². The highest BCUT2D eigenvalue weighted by atomic mass is 16.7. The second-order valence-electron chi connectivity index (χ2n) is 4.39. The Morgan fingerprint density at radius 3 is 2.33 bits per heavy atom. The maximum Gasteiger partial charge on any atom is 0.324 e. The van der Waals surface area contributed by atoms with Gasteiger partial charge in [-0.2, -0.15) is 0 Å². The number of esters is 2. The van der Waals surface area contributed by atoms with Gasteiger partial charge in [-0.25, -0.2) is 0 Å². The molecule has 4 heteroatoms. The van der Waals surface area contributed by atoms with Crippen LogP contribution in [0.5, 0.6) is 0 Å². The van der Waals surface area contributed by atoms with E-state index in [2.05, 4.69) is 0 Å². The molecule has 1 aliphatic heterocycles. The minimum Gasteiger partial charge on any atom is -0.422 e. The Bertz CT molecular complexity index is 309. The van der Waals surface area contributed by atoms with Gasteiger partial charge in [0, 0.05) is 19.8 Å². The van der Waals surface area contributed by atoms with Crippen molar-refractivity contribution in [2.24, 2.45) is 11.8 Å². The summed E-state index contributed by atoms with van der Waals surface area (Å²) in [4.78, 5) is 23.3. The zero-order valence-corrected chi connectivity index (χ0v) is 8.86. The van der Waals surface area contributed by atoms with E-state index in [1.165, 1.54) is 0 Å². The van der Waals surface area contributed by atoms with Gasteiger partial charge < -0.3 is 9.47 Å². The lowest BCUT2D eigenvalue weighted by Gasteiger charge is -2.34. The molecule has 1 aliphatic carbocycles. The smallest absolute Gasteiger partial charge is 0.324 e. The van der Waals surface area contributed by atoms with Crippen LogP contribution in [0.2, 0.25) is 0 Å². The Labute approximate surface area is 88.2 Å². The fourth-order valence-electron chi connectivity index (χ4n) is 2.01. The second kappa shape index (κ2) is 3.36. The Kier molecular flexibility index (Phi) is 2.29. The maximum absolute atomic E-state index is 11.7. The zero-order valence-electron chi connectivity index (χ0n) is 8.86. The number of cyclic esters (lactones) is 2. The molecule has 0 amide bonds. The van der Waals surface area contributed by atoms with Crippen molar-refractivity contribution in [2.75, 3.05) is 0 Å². The van der Waals surface area contributed by atoms with E-state index in [1.54, 1.807) is 13.8 Å². The van der Waals surface area contributed by atoms with Crippen LogP contribution in [0.4, 0.5) is 0 Å². The van der Waals surface area contributed by atoms with Crippen LogP contribution < -0.4 is 0 Å². The first-order valence-corrected chi connectivity index (χ1v) is 5.12. The summed E-state index contributed by atoms with van der Waals surface area (Å²) in [7, 11) is 0. The third-order valence-electron chi connectivity index (χ3n) is 2.68. The summed E-state index contributed by atoms with van der Waals surface area (Å²) in [6.07, 6.45) is 5.59. The minimum atomic E-state index is -1.12. The predicted octanol–water partition coefficient (Wildman–Crippen LogP) is 1.40. The first-order valence-electron chi connectivity index (χ1n) is 5.12. The molecule has 0 aromatic rings. The van der Waals surface area contributed by atoms with Crippen molar-refractivity contribution < 1.29 is 19.1 Å². The third kappa shape index (κ3) is 1.89. The van der Waals surface area contributed by atoms with Gasteiger partial charge in [0.05, 0.1) is 0 Å². The summed E-state index contributed by atoms with van der Waals surface area (Å²) in [5, 5.41) is 0. The Morgan fingerprint density at radius 1 is 1.27 bits per heavy atom. The molecule has 0 unspecified atom stereocenters. The van der Waals surface area contributed by atoms with Crippen molar-refractivity contribution in [3.05, 3.63) is 12.2 Å². The van der Waals surface area contributed by atoms with E-state index in [0.29, 0.717) is 0 Å². The van der Waals surface area contributed by atoms with Crippen LogP contribution in [0.15, 0.2) is 12.2 Å². The van der Waals surface area contributed by atoms with Gasteiger partial charge >= 0.3 is 11.9 Å². The fourth-order valence-corrected chi connectivity index (χ4v) is 2.01. The molecule has 4 nitrogen and oxygen atoms in total. The molecule has 0 radical (unpaired) electrons. The molecule has 1 heterocycles. The van der Waals surface area contributed by atoms with Crippen molar-refractivity contribution in [1.29, 1.82) is 0 Å². The van der Waals surface area contributed by atoms with Gasteiger partial charge in [-0.05, 0) is 12.8 Å². The summed E-state index contributed by atoms with van der Waals surface area (Å²) in [5.41, 5.74) is 0. The molecule has 1 fully saturated rings. The van der Waals surface area contributed by atoms with E-state index in [1.807, 2.05) is 12.2 Å². The summed E-state index contributed by atoms with van der Waals surface area (Å²) in [6.45, 7) is 3.12. The van der Waals surface area contributed by atoms with Gasteiger partial charge in [0.25, 0.3) is 5.79 Å². The molecule has 1 atom stereocenters. The summed E-state index contributed by atoms with van der Waals surface area (Å²) in [5.74, 6) is -2.87. The highest BCUT2D eigenvalue weighted by Crippen LogP contribution is 2.33. The normalized spacial score (nSPS) is 30.1. The summed E-state index contributed by atoms with van der Waals surface area (Å²) >= 11 is 0. The lowest BCUT2D eigenvalue weighted by molar-refractivity contribution is -0.241. The average Bonchev–Trinajstić information content (AvgIpc) is 2.52. The largest absolute Gasteiger partial charge is 0.422 e. The number of hydrogen-bond acceptors (Lipinski definition) is 4. The molecule has 15 heavy (non-hydrogen) atoms. The molecule has 0 N–H and O–H groups in total. The molecule has 0 bridgehead atoms. The van der Waals surface area contributed by atoms with Gasteiger partial charge in [-0.1, -0.05) is 12.2 Å². The highest BCUT2D eigenvalue weighted by Gasteiger charge is 2.46. The topological polar surface area (TPSA) is 52.6 Å². The van der Waals surface area contributed by atoms with E-state index in [4.69, 9.17) is 9.47 Å². The SMILES string of the molecule is CC1(C)OC(=O)C([C@H]2C=CCC2)C(=O)O1. The van der Waals surface area contributed by atoms with Crippen molar-refractivity contribution in [3.8, 4) is 0 Å². The van der Waals surface area contributed by atoms with E-state index >= 15 is 0 Å². The van der Waals surface area contributed by atoms with Crippen molar-refractivity contribution in [1.82, 2.24) is 0 Å². The molecular formula is C11H14O4. The monoisotopic (exact) mass is 210 g/mol. The van der Waals surface area contributed by atoms with Gasteiger partial charge in [0.15, 0.2) is 5.92 Å². The lowest BCUT2D eigenvalue weighted by Crippen LogP contribution is -2.48. The molecule has 0 spiro atoms. The van der Waals surface area contributed by atoms with Crippen molar-refractivity contribution >= 4 is 11.9 Å². The molecule has 0 aromatic heterocycles. The molecular weight excluding hydrogens is 196 g/mol. The number of carbonyl (C=O) groups is 2. The van der Waals surface area contributed by atoms with Crippen LogP contribution in [0.1, 0.15) is 26.7 Å². The van der Waals surface area contributed by atoms with Crippen molar-refractivity contribution in [3.63, 3.8) is 0 Å². The number of hydrogen-bond donors (Lipinski definition) is 0. The molecule has 2 aliphatic rings. The van der Waals surface area contributed by atoms with E-state index in [0.717, 1.165) is 12.8 Å². The highest BCUT2D eigenvalue weighted by molar-refractivity contribution is 5.97. The van der Waals surface area contributed by atoms with Crippen LogP contribution >= 0.6 is 0 Å². The quantitative estimate of drug-likeness (QED) is 0.373. The number of ether oxygens (including phenoxy) is 2. The minimum absolute atomic E-state index is 0.0545. The van der Waals surface area contributed by atoms with Crippen LogP contribution in [0.25, 0.3) is 0 Å². The molecule has 82 valence electrons. The molecule has 0 aromatic carbocycles. The standard InChI is InChI=1S/C11H14O4/c1-11(2)14-9(12)8(10(13)15-11)7-5-3-4-6-7/h3,5,7-8H,4,6H2,1-2H3/t7-/m0/s1. The van der Waals surface area contributed by atoms with E-state index in [-0.39, 0.29) is 5.92 Å². The molecule has 1 saturated heterocycles.